The molecule has 0 radical (unpaired) electrons. The van der Waals surface area contributed by atoms with Crippen molar-refractivity contribution in [2.24, 2.45) is 0 Å². The van der Waals surface area contributed by atoms with E-state index in [-0.39, 0.29) is 12.3 Å². The SMILES string of the molecule is CCOC(=O)CC(=O)/C(=C\c1ccccc1)NC(=O)OC(C)(C)C. The van der Waals surface area contributed by atoms with E-state index < -0.39 is 29.9 Å². The van der Waals surface area contributed by atoms with Gasteiger partial charge in [-0.15, -0.1) is 0 Å². The summed E-state index contributed by atoms with van der Waals surface area (Å²) >= 11 is 0. The lowest BCUT2D eigenvalue weighted by molar-refractivity contribution is -0.145. The number of allylic oxidation sites excluding steroid dienone is 1. The van der Waals surface area contributed by atoms with Crippen LogP contribution < -0.4 is 5.32 Å². The first-order valence-corrected chi connectivity index (χ1v) is 7.67. The molecule has 6 nitrogen and oxygen atoms in total. The zero-order valence-corrected chi connectivity index (χ0v) is 14.4. The summed E-state index contributed by atoms with van der Waals surface area (Å²) in [6.45, 7) is 6.99. The minimum Gasteiger partial charge on any atom is -0.466 e. The zero-order chi connectivity index (χ0) is 18.2. The smallest absolute Gasteiger partial charge is 0.412 e. The molecule has 0 aromatic heterocycles. The Morgan fingerprint density at radius 1 is 1.12 bits per heavy atom. The molecule has 1 amide bonds. The Kier molecular flexibility index (Phi) is 7.17. The van der Waals surface area contributed by atoms with E-state index in [1.54, 1.807) is 52.0 Å². The molecule has 0 heterocycles. The van der Waals surface area contributed by atoms with Crippen LogP contribution in [-0.4, -0.2) is 30.1 Å². The number of Topliss-reactive ketones (excluding diaryl/α,β-unsaturated/α-hetero) is 1. The molecule has 130 valence electrons. The van der Waals surface area contributed by atoms with Gasteiger partial charge in [-0.3, -0.25) is 14.9 Å². The Hall–Kier alpha value is -2.63. The number of carbonyl (C=O) groups is 3. The van der Waals surface area contributed by atoms with Gasteiger partial charge in [0.2, 0.25) is 0 Å². The Bertz CT molecular complexity index is 614. The quantitative estimate of drug-likeness (QED) is 0.491. The number of ketones is 1. The normalized spacial score (nSPS) is 11.6. The molecule has 0 spiro atoms. The van der Waals surface area contributed by atoms with E-state index in [1.807, 2.05) is 6.07 Å². The van der Waals surface area contributed by atoms with E-state index in [0.29, 0.717) is 5.56 Å². The number of esters is 1. The van der Waals surface area contributed by atoms with Crippen LogP contribution in [0.3, 0.4) is 0 Å². The maximum atomic E-state index is 12.3. The van der Waals surface area contributed by atoms with Gasteiger partial charge >= 0.3 is 12.1 Å². The molecule has 0 unspecified atom stereocenters. The number of benzene rings is 1. The van der Waals surface area contributed by atoms with Gasteiger partial charge in [0.1, 0.15) is 12.0 Å². The van der Waals surface area contributed by atoms with Crippen molar-refractivity contribution in [3.05, 3.63) is 41.6 Å². The van der Waals surface area contributed by atoms with Gasteiger partial charge in [0, 0.05) is 0 Å². The summed E-state index contributed by atoms with van der Waals surface area (Å²) in [5, 5.41) is 2.41. The molecule has 6 heteroatoms. The highest BCUT2D eigenvalue weighted by Gasteiger charge is 2.21. The number of alkyl carbamates (subject to hydrolysis) is 1. The fraction of sp³-hybridized carbons (Fsp3) is 0.389. The number of rotatable bonds is 6. The molecule has 1 N–H and O–H groups in total. The predicted octanol–water partition coefficient (Wildman–Crippen LogP) is 3.07. The average Bonchev–Trinajstić information content (AvgIpc) is 2.45. The highest BCUT2D eigenvalue weighted by Crippen LogP contribution is 2.11. The lowest BCUT2D eigenvalue weighted by Crippen LogP contribution is -2.34. The monoisotopic (exact) mass is 333 g/mol. The predicted molar refractivity (Wildman–Crippen MR) is 90.0 cm³/mol. The summed E-state index contributed by atoms with van der Waals surface area (Å²) in [5.74, 6) is -1.20. The van der Waals surface area contributed by atoms with E-state index in [4.69, 9.17) is 9.47 Å². The topological polar surface area (TPSA) is 81.7 Å². The number of amides is 1. The molecule has 0 aliphatic rings. The summed E-state index contributed by atoms with van der Waals surface area (Å²) in [4.78, 5) is 35.7. The van der Waals surface area contributed by atoms with Crippen LogP contribution in [-0.2, 0) is 19.1 Å². The molecule has 0 aliphatic heterocycles. The van der Waals surface area contributed by atoms with E-state index in [1.165, 1.54) is 6.08 Å². The maximum absolute atomic E-state index is 12.3. The van der Waals surface area contributed by atoms with Crippen molar-refractivity contribution in [3.63, 3.8) is 0 Å². The molecule has 1 aromatic rings. The summed E-state index contributed by atoms with van der Waals surface area (Å²) in [7, 11) is 0. The van der Waals surface area contributed by atoms with E-state index in [9.17, 15) is 14.4 Å². The van der Waals surface area contributed by atoms with Crippen LogP contribution in [0.25, 0.3) is 6.08 Å². The molecule has 0 atom stereocenters. The maximum Gasteiger partial charge on any atom is 0.412 e. The molecule has 0 bridgehead atoms. The van der Waals surface area contributed by atoms with Crippen LogP contribution in [0, 0.1) is 0 Å². The summed E-state index contributed by atoms with van der Waals surface area (Å²) in [6, 6.07) is 8.97. The summed E-state index contributed by atoms with van der Waals surface area (Å²) in [6.07, 6.45) is 0.273. The number of hydrogen-bond donors (Lipinski definition) is 1. The van der Waals surface area contributed by atoms with Crippen molar-refractivity contribution in [3.8, 4) is 0 Å². The molecule has 0 aliphatic carbocycles. The van der Waals surface area contributed by atoms with Crippen LogP contribution in [0.1, 0.15) is 39.7 Å². The number of carbonyl (C=O) groups excluding carboxylic acids is 3. The highest BCUT2D eigenvalue weighted by atomic mass is 16.6. The molecule has 0 saturated carbocycles. The Morgan fingerprint density at radius 2 is 1.75 bits per heavy atom. The Labute approximate surface area is 141 Å². The lowest BCUT2D eigenvalue weighted by atomic mass is 10.1. The third-order valence-corrected chi connectivity index (χ3v) is 2.66. The van der Waals surface area contributed by atoms with Crippen molar-refractivity contribution in [1.82, 2.24) is 5.32 Å². The largest absolute Gasteiger partial charge is 0.466 e. The fourth-order valence-corrected chi connectivity index (χ4v) is 1.75. The summed E-state index contributed by atoms with van der Waals surface area (Å²) < 4.78 is 9.92. The summed E-state index contributed by atoms with van der Waals surface area (Å²) in [5.41, 5.74) is -0.0177. The van der Waals surface area contributed by atoms with Crippen LogP contribution in [0.4, 0.5) is 4.79 Å². The molecular formula is C18H23NO5. The molecular weight excluding hydrogens is 310 g/mol. The highest BCUT2D eigenvalue weighted by molar-refractivity contribution is 6.09. The second-order valence-corrected chi connectivity index (χ2v) is 6.00. The van der Waals surface area contributed by atoms with E-state index in [0.717, 1.165) is 0 Å². The second-order valence-electron chi connectivity index (χ2n) is 6.00. The zero-order valence-electron chi connectivity index (χ0n) is 14.4. The molecule has 24 heavy (non-hydrogen) atoms. The van der Waals surface area contributed by atoms with E-state index >= 15 is 0 Å². The first kappa shape index (κ1) is 19.4. The minimum atomic E-state index is -0.762. The van der Waals surface area contributed by atoms with Crippen molar-refractivity contribution in [1.29, 1.82) is 0 Å². The molecule has 1 aromatic carbocycles. The van der Waals surface area contributed by atoms with Gasteiger partial charge in [0.25, 0.3) is 0 Å². The number of hydrogen-bond acceptors (Lipinski definition) is 5. The average molecular weight is 333 g/mol. The van der Waals surface area contributed by atoms with Crippen LogP contribution in [0.15, 0.2) is 36.0 Å². The lowest BCUT2D eigenvalue weighted by Gasteiger charge is -2.20. The third kappa shape index (κ3) is 7.58. The fourth-order valence-electron chi connectivity index (χ4n) is 1.75. The first-order valence-electron chi connectivity index (χ1n) is 7.67. The van der Waals surface area contributed by atoms with Gasteiger partial charge in [-0.25, -0.2) is 4.79 Å². The molecule has 0 saturated heterocycles. The van der Waals surface area contributed by atoms with Crippen LogP contribution in [0.5, 0.6) is 0 Å². The second kappa shape index (κ2) is 8.86. The molecule has 0 fully saturated rings. The molecule has 1 rings (SSSR count). The third-order valence-electron chi connectivity index (χ3n) is 2.66. The van der Waals surface area contributed by atoms with Gasteiger partial charge < -0.3 is 9.47 Å². The van der Waals surface area contributed by atoms with Gasteiger partial charge in [-0.2, -0.15) is 0 Å². The van der Waals surface area contributed by atoms with Crippen molar-refractivity contribution >= 4 is 23.9 Å². The Morgan fingerprint density at radius 3 is 2.29 bits per heavy atom. The number of ether oxygens (including phenoxy) is 2. The standard InChI is InChI=1S/C18H23NO5/c1-5-23-16(21)12-15(20)14(11-13-9-7-6-8-10-13)19-17(22)24-18(2,3)4/h6-11H,5,12H2,1-4H3,(H,19,22)/b14-11+. The van der Waals surface area contributed by atoms with E-state index in [2.05, 4.69) is 5.32 Å². The van der Waals surface area contributed by atoms with Gasteiger partial charge in [0.05, 0.1) is 12.3 Å². The van der Waals surface area contributed by atoms with Crippen molar-refractivity contribution in [2.45, 2.75) is 39.7 Å². The Balaban J connectivity index is 2.95. The number of nitrogens with one attached hydrogen (secondary N) is 1. The van der Waals surface area contributed by atoms with Gasteiger partial charge in [0.15, 0.2) is 5.78 Å². The van der Waals surface area contributed by atoms with Crippen molar-refractivity contribution < 1.29 is 23.9 Å². The van der Waals surface area contributed by atoms with Crippen LogP contribution >= 0.6 is 0 Å². The first-order chi connectivity index (χ1) is 11.2. The van der Waals surface area contributed by atoms with Gasteiger partial charge in [-0.1, -0.05) is 30.3 Å². The van der Waals surface area contributed by atoms with Crippen LogP contribution in [0.2, 0.25) is 0 Å². The van der Waals surface area contributed by atoms with Crippen molar-refractivity contribution in [2.75, 3.05) is 6.61 Å². The minimum absolute atomic E-state index is 0.0245. The van der Waals surface area contributed by atoms with Gasteiger partial charge in [-0.05, 0) is 39.3 Å².